The number of rotatable bonds is 26. The van der Waals surface area contributed by atoms with Gasteiger partial charge < -0.3 is 59.7 Å². The van der Waals surface area contributed by atoms with Crippen LogP contribution in [0.25, 0.3) is 0 Å². The number of amides is 6. The number of nitrogens with one attached hydrogen (secondary N) is 5. The van der Waals surface area contributed by atoms with Gasteiger partial charge >= 0.3 is 0 Å². The Morgan fingerprint density at radius 1 is 0.884 bits per heavy atom. The quantitative estimate of drug-likeness (QED) is 0.0671. The number of ether oxygens (including phenoxy) is 5. The fraction of sp³-hybridized carbons (Fsp3) is 0.583. The molecule has 1 saturated carbocycles. The van der Waals surface area contributed by atoms with Crippen molar-refractivity contribution < 1.29 is 52.5 Å². The number of likely N-dealkylation sites (N-methyl/N-ethyl adjacent to an activating group) is 1. The molecule has 1 saturated heterocycles. The average Bonchev–Trinajstić information content (AvgIpc) is 4.01. The number of hydrogen-bond acceptors (Lipinski definition) is 16. The van der Waals surface area contributed by atoms with E-state index in [0.717, 1.165) is 37.2 Å². The van der Waals surface area contributed by atoms with Crippen molar-refractivity contribution in [3.05, 3.63) is 58.9 Å². The average molecular weight is 959 g/mol. The van der Waals surface area contributed by atoms with Gasteiger partial charge in [-0.25, -0.2) is 4.98 Å². The first-order valence-corrected chi connectivity index (χ1v) is 24.1. The van der Waals surface area contributed by atoms with Gasteiger partial charge in [0, 0.05) is 93.7 Å². The predicted octanol–water partition coefficient (Wildman–Crippen LogP) is 2.18. The van der Waals surface area contributed by atoms with E-state index in [2.05, 4.69) is 36.5 Å². The number of fused-ring (bicyclic) bond motifs is 2. The molecule has 2 aromatic rings. The van der Waals surface area contributed by atoms with Gasteiger partial charge in [0.15, 0.2) is 5.82 Å². The fourth-order valence-electron chi connectivity index (χ4n) is 9.25. The summed E-state index contributed by atoms with van der Waals surface area (Å²) >= 11 is 0. The number of methoxy groups -OCH3 is 1. The molecule has 2 fully saturated rings. The molecule has 1 aromatic heterocycles. The highest BCUT2D eigenvalue weighted by atomic mass is 16.6. The highest BCUT2D eigenvalue weighted by molar-refractivity contribution is 6.07. The molecule has 6 amide bonds. The Balaban J connectivity index is 0.688. The molecule has 0 radical (unpaired) electrons. The molecule has 374 valence electrons. The molecule has 3 atom stereocenters. The minimum absolute atomic E-state index is 0.0639. The first-order chi connectivity index (χ1) is 33.6. The molecule has 0 bridgehead atoms. The maximum absolute atomic E-state index is 13.3. The third-order valence-electron chi connectivity index (χ3n) is 12.9. The summed E-state index contributed by atoms with van der Waals surface area (Å²) in [6, 6.07) is 4.38. The summed E-state index contributed by atoms with van der Waals surface area (Å²) in [7, 11) is 3.38. The molecule has 5 aliphatic rings. The Morgan fingerprint density at radius 3 is 2.29 bits per heavy atom. The second kappa shape index (κ2) is 25.1. The molecule has 7 rings (SSSR count). The number of piperidine rings is 1. The van der Waals surface area contributed by atoms with Gasteiger partial charge in [-0.3, -0.25) is 34.1 Å². The van der Waals surface area contributed by atoms with E-state index in [4.69, 9.17) is 28.7 Å². The third kappa shape index (κ3) is 13.1. The van der Waals surface area contributed by atoms with Crippen LogP contribution in [0.4, 0.5) is 23.1 Å². The van der Waals surface area contributed by atoms with Gasteiger partial charge in [-0.1, -0.05) is 31.9 Å². The normalized spacial score (nSPS) is 20.4. The van der Waals surface area contributed by atoms with E-state index in [-0.39, 0.29) is 67.4 Å². The van der Waals surface area contributed by atoms with Gasteiger partial charge in [-0.2, -0.15) is 4.98 Å². The predicted molar refractivity (Wildman–Crippen MR) is 254 cm³/mol. The third-order valence-corrected chi connectivity index (χ3v) is 12.9. The van der Waals surface area contributed by atoms with Gasteiger partial charge in [-0.05, 0) is 43.9 Å². The van der Waals surface area contributed by atoms with Crippen molar-refractivity contribution in [2.45, 2.75) is 95.5 Å². The number of anilines is 4. The van der Waals surface area contributed by atoms with Crippen LogP contribution in [-0.2, 0) is 54.2 Å². The molecule has 2 unspecified atom stereocenters. The van der Waals surface area contributed by atoms with Crippen LogP contribution in [0.3, 0.4) is 0 Å². The van der Waals surface area contributed by atoms with Crippen LogP contribution in [0, 0.1) is 0 Å². The summed E-state index contributed by atoms with van der Waals surface area (Å²) < 4.78 is 28.1. The van der Waals surface area contributed by atoms with Crippen LogP contribution in [0.2, 0.25) is 0 Å². The second-order valence-electron chi connectivity index (χ2n) is 17.4. The SMILES string of the molecule is CC[C@@H]1C(=O)N(C)c2cnc(NC3=CC=C(C(=O)NCCOCCOCCOCCOCCNCCC(=O)Nc4cccc5c4CN(C4CCC(=O)NC4=O)C5=O)CC3OC)nc2N1C1CCCC1. The van der Waals surface area contributed by atoms with Gasteiger partial charge in [0.1, 0.15) is 23.9 Å². The van der Waals surface area contributed by atoms with Crippen LogP contribution < -0.4 is 36.4 Å². The lowest BCUT2D eigenvalue weighted by Crippen LogP contribution is -2.55. The first-order valence-electron chi connectivity index (χ1n) is 24.1. The highest BCUT2D eigenvalue weighted by Crippen LogP contribution is 2.40. The van der Waals surface area contributed by atoms with E-state index in [1.54, 1.807) is 49.5 Å². The van der Waals surface area contributed by atoms with Gasteiger partial charge in [0.25, 0.3) is 5.91 Å². The smallest absolute Gasteiger partial charge is 0.255 e. The molecule has 3 aliphatic heterocycles. The van der Waals surface area contributed by atoms with Crippen molar-refractivity contribution in [1.29, 1.82) is 0 Å². The number of carbonyl (C=O) groups is 6. The van der Waals surface area contributed by atoms with Crippen LogP contribution in [0.1, 0.15) is 80.6 Å². The largest absolute Gasteiger partial charge is 0.378 e. The van der Waals surface area contributed by atoms with Crippen LogP contribution >= 0.6 is 0 Å². The van der Waals surface area contributed by atoms with Gasteiger partial charge in [-0.15, -0.1) is 0 Å². The zero-order valence-electron chi connectivity index (χ0n) is 39.8. The van der Waals surface area contributed by atoms with Crippen molar-refractivity contribution >= 4 is 58.6 Å². The molecule has 4 heterocycles. The van der Waals surface area contributed by atoms with Crippen molar-refractivity contribution in [3.63, 3.8) is 0 Å². The van der Waals surface area contributed by atoms with Gasteiger partial charge in [0.05, 0.1) is 59.1 Å². The number of allylic oxidation sites excluding steroid dienone is 2. The van der Waals surface area contributed by atoms with E-state index in [9.17, 15) is 28.8 Å². The van der Waals surface area contributed by atoms with Crippen LogP contribution in [0.15, 0.2) is 47.8 Å². The number of nitrogens with zero attached hydrogens (tertiary/aromatic N) is 5. The van der Waals surface area contributed by atoms with Crippen molar-refractivity contribution in [1.82, 2.24) is 30.8 Å². The Morgan fingerprint density at radius 2 is 1.59 bits per heavy atom. The standard InChI is InChI=1S/C48H66N10O11/c1-4-37-47(64)56(2)39-29-51-48(55-43(39)58(37)32-8-5-6-9-32)53-36-13-12-31(28-40(36)65-3)44(61)50-19-21-67-23-25-69-27-26-68-24-22-66-20-18-49-17-16-42(60)52-35-11-7-10-33-34(35)30-57(46(33)63)38-14-15-41(59)54-45(38)62/h7,10-13,29,32,37-38,40,49H,4-6,8-9,14-28,30H2,1-3H3,(H,50,61)(H,52,60)(H,51,53,55)(H,54,59,62)/t37-,38?,40?/m1/s1. The Hall–Kier alpha value is -5.84. The molecule has 1 aromatic carbocycles. The van der Waals surface area contributed by atoms with Gasteiger partial charge in [0.2, 0.25) is 35.5 Å². The summed E-state index contributed by atoms with van der Waals surface area (Å²) in [6.07, 6.45) is 10.9. The van der Waals surface area contributed by atoms with E-state index in [0.29, 0.717) is 119 Å². The number of imide groups is 1. The van der Waals surface area contributed by atoms with Crippen LogP contribution in [0.5, 0.6) is 0 Å². The summed E-state index contributed by atoms with van der Waals surface area (Å²) in [5.74, 6) is -0.295. The maximum atomic E-state index is 13.3. The topological polar surface area (TPSA) is 244 Å². The molecule has 2 aliphatic carbocycles. The Kier molecular flexibility index (Phi) is 18.6. The maximum Gasteiger partial charge on any atom is 0.255 e. The van der Waals surface area contributed by atoms with Crippen molar-refractivity contribution in [3.8, 4) is 0 Å². The van der Waals surface area contributed by atoms with Crippen molar-refractivity contribution in [2.75, 3.05) is 107 Å². The minimum Gasteiger partial charge on any atom is -0.378 e. The molecule has 21 nitrogen and oxygen atoms in total. The molecule has 21 heteroatoms. The zero-order valence-corrected chi connectivity index (χ0v) is 39.8. The zero-order chi connectivity index (χ0) is 48.7. The lowest BCUT2D eigenvalue weighted by atomic mass is 9.99. The lowest BCUT2D eigenvalue weighted by Gasteiger charge is -2.43. The second-order valence-corrected chi connectivity index (χ2v) is 17.4. The number of carbonyl (C=O) groups excluding carboxylic acids is 6. The van der Waals surface area contributed by atoms with E-state index >= 15 is 0 Å². The van der Waals surface area contributed by atoms with E-state index < -0.39 is 18.1 Å². The minimum atomic E-state index is -0.723. The fourth-order valence-corrected chi connectivity index (χ4v) is 9.25. The first kappa shape index (κ1) is 51.0. The summed E-state index contributed by atoms with van der Waals surface area (Å²) in [6.45, 7) is 6.69. The summed E-state index contributed by atoms with van der Waals surface area (Å²) in [4.78, 5) is 90.7. The molecule has 5 N–H and O–H groups in total. The summed E-state index contributed by atoms with van der Waals surface area (Å²) in [5.41, 5.74) is 3.64. The highest BCUT2D eigenvalue weighted by Gasteiger charge is 2.42. The number of aromatic nitrogens is 2. The summed E-state index contributed by atoms with van der Waals surface area (Å²) in [5, 5.41) is 14.6. The lowest BCUT2D eigenvalue weighted by molar-refractivity contribution is -0.137. The van der Waals surface area contributed by atoms with E-state index in [1.165, 1.54) is 4.90 Å². The van der Waals surface area contributed by atoms with E-state index in [1.807, 2.05) is 13.0 Å². The van der Waals surface area contributed by atoms with Crippen LogP contribution in [-0.4, -0.2) is 161 Å². The molecule has 69 heavy (non-hydrogen) atoms. The number of benzene rings is 1. The molecular formula is C48H66N10O11. The van der Waals surface area contributed by atoms with Crippen molar-refractivity contribution in [2.24, 2.45) is 0 Å². The Bertz CT molecular complexity index is 2230. The number of hydrogen-bond donors (Lipinski definition) is 5. The molecule has 0 spiro atoms. The monoisotopic (exact) mass is 958 g/mol. The molecular weight excluding hydrogens is 893 g/mol. The Labute approximate surface area is 402 Å².